The third-order valence-electron chi connectivity index (χ3n) is 3.99. The summed E-state index contributed by atoms with van der Waals surface area (Å²) in [6.07, 6.45) is 4.71. The van der Waals surface area contributed by atoms with Gasteiger partial charge in [-0.05, 0) is 38.3 Å². The first-order valence-electron chi connectivity index (χ1n) is 8.37. The lowest BCUT2D eigenvalue weighted by molar-refractivity contribution is -0.132. The van der Waals surface area contributed by atoms with Crippen molar-refractivity contribution in [1.29, 1.82) is 5.26 Å². The van der Waals surface area contributed by atoms with Gasteiger partial charge in [0.2, 0.25) is 0 Å². The molecule has 1 aromatic carbocycles. The monoisotopic (exact) mass is 315 g/mol. The van der Waals surface area contributed by atoms with Crippen molar-refractivity contribution >= 4 is 5.91 Å². The summed E-state index contributed by atoms with van der Waals surface area (Å²) in [5.74, 6) is 0.839. The van der Waals surface area contributed by atoms with Crippen molar-refractivity contribution < 1.29 is 9.53 Å². The number of carbonyl (C=O) groups excluding carboxylic acids is 1. The molecule has 23 heavy (non-hydrogen) atoms. The summed E-state index contributed by atoms with van der Waals surface area (Å²) in [6.45, 7) is 3.41. The molecule has 1 N–H and O–H groups in total. The first-order chi connectivity index (χ1) is 11.3. The molecule has 1 amide bonds. The van der Waals surface area contributed by atoms with Gasteiger partial charge in [-0.1, -0.05) is 18.2 Å². The Hall–Kier alpha value is -2.06. The van der Waals surface area contributed by atoms with Crippen LogP contribution in [0.4, 0.5) is 0 Å². The molecule has 0 aliphatic carbocycles. The second kappa shape index (κ2) is 9.86. The number of rotatable bonds is 9. The lowest BCUT2D eigenvalue weighted by atomic mass is 10.2. The average Bonchev–Trinajstić information content (AvgIpc) is 3.11. The summed E-state index contributed by atoms with van der Waals surface area (Å²) in [7, 11) is 0. The number of amides is 1. The zero-order valence-corrected chi connectivity index (χ0v) is 13.6. The summed E-state index contributed by atoms with van der Waals surface area (Å²) < 4.78 is 5.73. The topological polar surface area (TPSA) is 65.4 Å². The Morgan fingerprint density at radius 3 is 2.83 bits per heavy atom. The number of para-hydroxylation sites is 1. The molecule has 1 aromatic rings. The van der Waals surface area contributed by atoms with Crippen LogP contribution in [0.15, 0.2) is 24.3 Å². The van der Waals surface area contributed by atoms with E-state index in [2.05, 4.69) is 11.4 Å². The fourth-order valence-corrected chi connectivity index (χ4v) is 2.67. The van der Waals surface area contributed by atoms with Crippen LogP contribution in [0.3, 0.4) is 0 Å². The Morgan fingerprint density at radius 2 is 2.04 bits per heavy atom. The van der Waals surface area contributed by atoms with Crippen LogP contribution in [-0.2, 0) is 11.3 Å². The van der Waals surface area contributed by atoms with Gasteiger partial charge in [-0.2, -0.15) is 5.26 Å². The molecule has 124 valence electrons. The van der Waals surface area contributed by atoms with Gasteiger partial charge < -0.3 is 15.0 Å². The highest BCUT2D eigenvalue weighted by Gasteiger charge is 2.18. The van der Waals surface area contributed by atoms with Gasteiger partial charge in [0.15, 0.2) is 6.61 Å². The van der Waals surface area contributed by atoms with Crippen molar-refractivity contribution in [2.75, 3.05) is 26.2 Å². The first kappa shape index (κ1) is 17.3. The zero-order chi connectivity index (χ0) is 16.3. The highest BCUT2D eigenvalue weighted by molar-refractivity contribution is 5.78. The summed E-state index contributed by atoms with van der Waals surface area (Å²) >= 11 is 0. The van der Waals surface area contributed by atoms with Crippen molar-refractivity contribution in [2.45, 2.75) is 38.6 Å². The van der Waals surface area contributed by atoms with Gasteiger partial charge in [0.05, 0.1) is 6.07 Å². The number of carbonyl (C=O) groups is 1. The summed E-state index contributed by atoms with van der Waals surface area (Å²) in [5.41, 5.74) is 1.06. The van der Waals surface area contributed by atoms with Gasteiger partial charge in [-0.15, -0.1) is 0 Å². The van der Waals surface area contributed by atoms with Crippen molar-refractivity contribution in [3.8, 4) is 11.8 Å². The van der Waals surface area contributed by atoms with E-state index in [0.29, 0.717) is 13.0 Å². The molecule has 2 rings (SSSR count). The van der Waals surface area contributed by atoms with Gasteiger partial charge in [-0.25, -0.2) is 0 Å². The smallest absolute Gasteiger partial charge is 0.260 e. The Balaban J connectivity index is 1.75. The van der Waals surface area contributed by atoms with Crippen molar-refractivity contribution in [3.05, 3.63) is 29.8 Å². The molecule has 1 fully saturated rings. The lowest BCUT2D eigenvalue weighted by Crippen LogP contribution is -2.32. The van der Waals surface area contributed by atoms with E-state index in [-0.39, 0.29) is 12.5 Å². The van der Waals surface area contributed by atoms with Crippen LogP contribution in [0.2, 0.25) is 0 Å². The average molecular weight is 315 g/mol. The van der Waals surface area contributed by atoms with E-state index in [0.717, 1.165) is 56.6 Å². The normalized spacial score (nSPS) is 13.8. The van der Waals surface area contributed by atoms with Crippen molar-refractivity contribution in [3.63, 3.8) is 0 Å². The number of likely N-dealkylation sites (tertiary alicyclic amines) is 1. The summed E-state index contributed by atoms with van der Waals surface area (Å²) in [4.78, 5) is 13.9. The zero-order valence-electron chi connectivity index (χ0n) is 13.6. The molecule has 0 bridgehead atoms. The number of benzene rings is 1. The number of unbranched alkanes of at least 4 members (excludes halogenated alkanes) is 2. The van der Waals surface area contributed by atoms with Crippen LogP contribution < -0.4 is 10.1 Å². The minimum atomic E-state index is 0.0711. The maximum Gasteiger partial charge on any atom is 0.260 e. The van der Waals surface area contributed by atoms with E-state index >= 15 is 0 Å². The van der Waals surface area contributed by atoms with Crippen molar-refractivity contribution in [2.24, 2.45) is 0 Å². The molecule has 0 radical (unpaired) electrons. The number of nitrogens with one attached hydrogen (secondary N) is 1. The second-order valence-corrected chi connectivity index (χ2v) is 5.78. The third-order valence-corrected chi connectivity index (χ3v) is 3.99. The highest BCUT2D eigenvalue weighted by Crippen LogP contribution is 2.18. The Kier molecular flexibility index (Phi) is 7.41. The minimum absolute atomic E-state index is 0.0711. The van der Waals surface area contributed by atoms with Gasteiger partial charge in [0.1, 0.15) is 5.75 Å². The van der Waals surface area contributed by atoms with Gasteiger partial charge in [0, 0.05) is 31.6 Å². The minimum Gasteiger partial charge on any atom is -0.483 e. The molecule has 1 aliphatic heterocycles. The summed E-state index contributed by atoms with van der Waals surface area (Å²) in [6, 6.07) is 9.97. The third kappa shape index (κ3) is 5.91. The molecular formula is C18H25N3O2. The molecule has 0 atom stereocenters. The fraction of sp³-hybridized carbons (Fsp3) is 0.556. The molecule has 1 heterocycles. The molecule has 5 heteroatoms. The molecule has 0 unspecified atom stereocenters. The number of nitrogens with zero attached hydrogens (tertiary/aromatic N) is 2. The Morgan fingerprint density at radius 1 is 1.26 bits per heavy atom. The van der Waals surface area contributed by atoms with Crippen LogP contribution in [-0.4, -0.2) is 37.0 Å². The second-order valence-electron chi connectivity index (χ2n) is 5.78. The first-order valence-corrected chi connectivity index (χ1v) is 8.37. The quantitative estimate of drug-likeness (QED) is 0.711. The Bertz CT molecular complexity index is 533. The van der Waals surface area contributed by atoms with E-state index in [4.69, 9.17) is 10.00 Å². The molecule has 0 aromatic heterocycles. The largest absolute Gasteiger partial charge is 0.483 e. The van der Waals surface area contributed by atoms with Crippen LogP contribution >= 0.6 is 0 Å². The van der Waals surface area contributed by atoms with Crippen molar-refractivity contribution in [1.82, 2.24) is 10.2 Å². The Labute approximate surface area is 138 Å². The molecular weight excluding hydrogens is 290 g/mol. The fourth-order valence-electron chi connectivity index (χ4n) is 2.67. The predicted octanol–water partition coefficient (Wildman–Crippen LogP) is 2.47. The molecule has 5 nitrogen and oxygen atoms in total. The number of ether oxygens (including phenoxy) is 1. The molecule has 0 spiro atoms. The van der Waals surface area contributed by atoms with Gasteiger partial charge >= 0.3 is 0 Å². The highest BCUT2D eigenvalue weighted by atomic mass is 16.5. The SMILES string of the molecule is N#CCCCCNCc1ccccc1OCC(=O)N1CCCC1. The maximum atomic E-state index is 12.0. The van der Waals surface area contributed by atoms with E-state index in [1.807, 2.05) is 29.2 Å². The van der Waals surface area contributed by atoms with Gasteiger partial charge in [-0.3, -0.25) is 4.79 Å². The molecule has 0 saturated carbocycles. The molecule has 1 saturated heterocycles. The van der Waals surface area contributed by atoms with E-state index in [1.165, 1.54) is 0 Å². The predicted molar refractivity (Wildman–Crippen MR) is 88.9 cm³/mol. The van der Waals surface area contributed by atoms with Crippen LogP contribution in [0.25, 0.3) is 0 Å². The number of nitriles is 1. The van der Waals surface area contributed by atoms with E-state index < -0.39 is 0 Å². The van der Waals surface area contributed by atoms with Crippen LogP contribution in [0, 0.1) is 11.3 Å². The van der Waals surface area contributed by atoms with Crippen LogP contribution in [0.5, 0.6) is 5.75 Å². The van der Waals surface area contributed by atoms with E-state index in [1.54, 1.807) is 0 Å². The lowest BCUT2D eigenvalue weighted by Gasteiger charge is -2.17. The summed E-state index contributed by atoms with van der Waals surface area (Å²) in [5, 5.41) is 11.9. The maximum absolute atomic E-state index is 12.0. The van der Waals surface area contributed by atoms with Crippen LogP contribution in [0.1, 0.15) is 37.7 Å². The molecule has 1 aliphatic rings. The van der Waals surface area contributed by atoms with E-state index in [9.17, 15) is 4.79 Å². The number of hydrogen-bond donors (Lipinski definition) is 1. The standard InChI is InChI=1S/C18H25N3O2/c19-10-4-1-5-11-20-14-16-8-2-3-9-17(16)23-15-18(22)21-12-6-7-13-21/h2-3,8-9,20H,1,4-7,11-15H2. The van der Waals surface area contributed by atoms with Gasteiger partial charge in [0.25, 0.3) is 5.91 Å². The number of hydrogen-bond acceptors (Lipinski definition) is 4.